The van der Waals surface area contributed by atoms with Gasteiger partial charge in [-0.15, -0.1) is 0 Å². The minimum absolute atomic E-state index is 0.0123. The van der Waals surface area contributed by atoms with E-state index in [4.69, 9.17) is 14.6 Å². The Balaban J connectivity index is 1.79. The number of rotatable bonds is 9. The highest BCUT2D eigenvalue weighted by Crippen LogP contribution is 2.42. The molecule has 0 radical (unpaired) electrons. The van der Waals surface area contributed by atoms with E-state index in [9.17, 15) is 9.90 Å². The maximum atomic E-state index is 11.1. The van der Waals surface area contributed by atoms with Crippen molar-refractivity contribution in [1.82, 2.24) is 5.32 Å². The summed E-state index contributed by atoms with van der Waals surface area (Å²) in [5, 5.41) is 21.3. The molecule has 1 fully saturated rings. The van der Waals surface area contributed by atoms with Gasteiger partial charge in [0.1, 0.15) is 0 Å². The lowest BCUT2D eigenvalue weighted by atomic mass is 9.91. The number of amides is 1. The number of hydrogen-bond donors (Lipinski definition) is 3. The van der Waals surface area contributed by atoms with Crippen molar-refractivity contribution in [3.63, 3.8) is 0 Å². The first-order valence-electron chi connectivity index (χ1n) is 10.5. The molecule has 1 aliphatic heterocycles. The van der Waals surface area contributed by atoms with Gasteiger partial charge in [0.05, 0.1) is 25.4 Å². The molecule has 3 rings (SSSR count). The Kier molecular flexibility index (Phi) is 8.92. The van der Waals surface area contributed by atoms with Crippen molar-refractivity contribution in [2.75, 3.05) is 18.1 Å². The van der Waals surface area contributed by atoms with E-state index in [0.717, 1.165) is 28.0 Å². The highest BCUT2D eigenvalue weighted by molar-refractivity contribution is 7.99. The van der Waals surface area contributed by atoms with Crippen LogP contribution in [0.5, 0.6) is 0 Å². The topological polar surface area (TPSA) is 88.0 Å². The third-order valence-electron chi connectivity index (χ3n) is 5.43. The van der Waals surface area contributed by atoms with E-state index in [-0.39, 0.29) is 37.2 Å². The lowest BCUT2D eigenvalue weighted by molar-refractivity contribution is -0.268. The van der Waals surface area contributed by atoms with Gasteiger partial charge in [-0.2, -0.15) is 11.8 Å². The van der Waals surface area contributed by atoms with Crippen molar-refractivity contribution in [3.8, 4) is 0 Å². The molecule has 1 aliphatic rings. The van der Waals surface area contributed by atoms with Gasteiger partial charge < -0.3 is 25.0 Å². The summed E-state index contributed by atoms with van der Waals surface area (Å²) in [5.41, 5.74) is 3.85. The van der Waals surface area contributed by atoms with Crippen LogP contribution in [0.2, 0.25) is 0 Å². The molecule has 3 N–H and O–H groups in total. The molecule has 6 nitrogen and oxygen atoms in total. The molecule has 0 aromatic heterocycles. The average molecular weight is 446 g/mol. The first kappa shape index (κ1) is 23.8. The molecule has 0 bridgehead atoms. The zero-order valence-electron chi connectivity index (χ0n) is 18.0. The largest absolute Gasteiger partial charge is 0.396 e. The number of ether oxygens (including phenoxy) is 2. The van der Waals surface area contributed by atoms with Gasteiger partial charge in [0, 0.05) is 36.5 Å². The monoisotopic (exact) mass is 445 g/mol. The van der Waals surface area contributed by atoms with Crippen molar-refractivity contribution >= 4 is 17.7 Å². The van der Waals surface area contributed by atoms with Crippen molar-refractivity contribution in [2.24, 2.45) is 5.92 Å². The fourth-order valence-electron chi connectivity index (χ4n) is 3.59. The van der Waals surface area contributed by atoms with Gasteiger partial charge in [0.2, 0.25) is 5.91 Å². The lowest BCUT2D eigenvalue weighted by Gasteiger charge is -2.41. The summed E-state index contributed by atoms with van der Waals surface area (Å²) < 4.78 is 12.7. The predicted molar refractivity (Wildman–Crippen MR) is 121 cm³/mol. The number of nitrogens with one attached hydrogen (secondary N) is 1. The van der Waals surface area contributed by atoms with Gasteiger partial charge in [-0.05, 0) is 16.7 Å². The van der Waals surface area contributed by atoms with Crippen LogP contribution in [-0.4, -0.2) is 40.3 Å². The van der Waals surface area contributed by atoms with Crippen LogP contribution < -0.4 is 5.32 Å². The molecule has 168 valence electrons. The van der Waals surface area contributed by atoms with E-state index in [1.807, 2.05) is 48.5 Å². The Hall–Kier alpha value is -1.90. The molecule has 2 aromatic carbocycles. The van der Waals surface area contributed by atoms with E-state index in [0.29, 0.717) is 12.3 Å². The Morgan fingerprint density at radius 1 is 1.00 bits per heavy atom. The summed E-state index contributed by atoms with van der Waals surface area (Å²) in [4.78, 5) is 11.1. The van der Waals surface area contributed by atoms with Crippen molar-refractivity contribution in [3.05, 3.63) is 70.8 Å². The normalized spacial score (nSPS) is 23.5. The number of hydrogen-bond acceptors (Lipinski definition) is 6. The average Bonchev–Trinajstić information content (AvgIpc) is 2.79. The molecule has 1 saturated heterocycles. The van der Waals surface area contributed by atoms with Crippen LogP contribution in [0.4, 0.5) is 0 Å². The third kappa shape index (κ3) is 6.54. The second kappa shape index (κ2) is 11.6. The Morgan fingerprint density at radius 3 is 2.26 bits per heavy atom. The zero-order chi connectivity index (χ0) is 22.2. The molecule has 0 unspecified atom stereocenters. The van der Waals surface area contributed by atoms with E-state index >= 15 is 0 Å². The quantitative estimate of drug-likeness (QED) is 0.513. The first-order valence-corrected chi connectivity index (χ1v) is 11.7. The summed E-state index contributed by atoms with van der Waals surface area (Å²) in [7, 11) is 0. The first-order chi connectivity index (χ1) is 15.0. The summed E-state index contributed by atoms with van der Waals surface area (Å²) in [6.07, 6.45) is -0.685. The molecule has 0 spiro atoms. The van der Waals surface area contributed by atoms with Gasteiger partial charge in [0.25, 0.3) is 0 Å². The number of aliphatic hydroxyl groups excluding tert-OH is 2. The second-order valence-electron chi connectivity index (χ2n) is 7.77. The van der Waals surface area contributed by atoms with E-state index in [1.54, 1.807) is 11.8 Å². The van der Waals surface area contributed by atoms with Gasteiger partial charge in [0.15, 0.2) is 6.29 Å². The molecule has 31 heavy (non-hydrogen) atoms. The van der Waals surface area contributed by atoms with Gasteiger partial charge in [-0.25, -0.2) is 0 Å². The lowest BCUT2D eigenvalue weighted by Crippen LogP contribution is -2.38. The predicted octanol–water partition coefficient (Wildman–Crippen LogP) is 3.33. The Labute approximate surface area is 188 Å². The molecular weight excluding hydrogens is 414 g/mol. The highest BCUT2D eigenvalue weighted by atomic mass is 32.2. The maximum absolute atomic E-state index is 11.1. The van der Waals surface area contributed by atoms with Gasteiger partial charge >= 0.3 is 0 Å². The van der Waals surface area contributed by atoms with Crippen LogP contribution >= 0.6 is 11.8 Å². The molecule has 7 heteroatoms. The van der Waals surface area contributed by atoms with Crippen LogP contribution in [0, 0.1) is 5.92 Å². The minimum atomic E-state index is -0.506. The maximum Gasteiger partial charge on any atom is 0.217 e. The number of benzene rings is 2. The number of carbonyl (C=O) groups is 1. The van der Waals surface area contributed by atoms with Crippen molar-refractivity contribution < 1.29 is 24.5 Å². The molecule has 1 amide bonds. The molecular formula is C24H31NO5S. The second-order valence-corrected chi connectivity index (χ2v) is 8.92. The van der Waals surface area contributed by atoms with Crippen molar-refractivity contribution in [2.45, 2.75) is 45.5 Å². The summed E-state index contributed by atoms with van der Waals surface area (Å²) in [6.45, 7) is 4.27. The van der Waals surface area contributed by atoms with Crippen LogP contribution in [-0.2, 0) is 27.4 Å². The zero-order valence-corrected chi connectivity index (χ0v) is 18.8. The molecule has 4 atom stereocenters. The fraction of sp³-hybridized carbons (Fsp3) is 0.458. The molecule has 2 aromatic rings. The fourth-order valence-corrected chi connectivity index (χ4v) is 4.50. The van der Waals surface area contributed by atoms with Crippen molar-refractivity contribution in [1.29, 1.82) is 0 Å². The summed E-state index contributed by atoms with van der Waals surface area (Å²) in [6, 6.07) is 15.7. The van der Waals surface area contributed by atoms with Gasteiger partial charge in [-0.3, -0.25) is 4.79 Å². The summed E-state index contributed by atoms with van der Waals surface area (Å²) >= 11 is 1.67. The van der Waals surface area contributed by atoms with E-state index in [2.05, 4.69) is 12.2 Å². The van der Waals surface area contributed by atoms with Crippen LogP contribution in [0.25, 0.3) is 0 Å². The molecule has 1 heterocycles. The van der Waals surface area contributed by atoms with Gasteiger partial charge in [-0.1, -0.05) is 55.5 Å². The number of thioether (sulfide) groups is 1. The highest BCUT2D eigenvalue weighted by Gasteiger charge is 2.38. The number of aliphatic hydroxyl groups is 2. The van der Waals surface area contributed by atoms with E-state index < -0.39 is 6.29 Å². The standard InChI is InChI=1S/C24H31NO5S/c1-16-22(15-31-12-11-26)29-24(21-9-3-18(4-10-21)13-25-17(2)28)30-23(16)20-7-5-19(14-27)6-8-20/h3-10,16,22-24,26-27H,11-15H2,1-2H3,(H,25,28)/t16-,22+,23+,24+/m0/s1. The van der Waals surface area contributed by atoms with Crippen LogP contribution in [0.1, 0.15) is 48.5 Å². The van der Waals surface area contributed by atoms with Crippen LogP contribution in [0.15, 0.2) is 48.5 Å². The Morgan fingerprint density at radius 2 is 1.65 bits per heavy atom. The van der Waals surface area contributed by atoms with Crippen LogP contribution in [0.3, 0.4) is 0 Å². The molecule has 0 aliphatic carbocycles. The summed E-state index contributed by atoms with van der Waals surface area (Å²) in [5.74, 6) is 1.51. The SMILES string of the molecule is CC(=O)NCc1ccc([C@@H]2O[C@H](CSCCO)[C@H](C)[C@H](c3ccc(CO)cc3)O2)cc1. The number of carbonyl (C=O) groups excluding carboxylic acids is 1. The smallest absolute Gasteiger partial charge is 0.217 e. The Bertz CT molecular complexity index is 827. The molecule has 0 saturated carbocycles. The third-order valence-corrected chi connectivity index (χ3v) is 6.47. The van der Waals surface area contributed by atoms with E-state index in [1.165, 1.54) is 6.92 Å². The minimum Gasteiger partial charge on any atom is -0.396 e.